The normalized spacial score (nSPS) is 18.6. The summed E-state index contributed by atoms with van der Waals surface area (Å²) >= 11 is 0. The Morgan fingerprint density at radius 1 is 1.33 bits per heavy atom. The molecule has 0 spiro atoms. The second-order valence-corrected chi connectivity index (χ2v) is 5.82. The molecular formula is C14H30N4. The van der Waals surface area contributed by atoms with E-state index < -0.39 is 0 Å². The summed E-state index contributed by atoms with van der Waals surface area (Å²) in [7, 11) is 2.22. The lowest BCUT2D eigenvalue weighted by Gasteiger charge is -2.31. The van der Waals surface area contributed by atoms with Crippen molar-refractivity contribution in [2.45, 2.75) is 52.0 Å². The van der Waals surface area contributed by atoms with Gasteiger partial charge in [0.1, 0.15) is 0 Å². The Morgan fingerprint density at radius 2 is 2.00 bits per heavy atom. The fraction of sp³-hybridized carbons (Fsp3) is 0.929. The third-order valence-electron chi connectivity index (χ3n) is 3.60. The third kappa shape index (κ3) is 6.24. The van der Waals surface area contributed by atoms with E-state index in [0.29, 0.717) is 11.9 Å². The number of nitrogens with two attached hydrogens (primary N) is 1. The molecule has 0 atom stereocenters. The van der Waals surface area contributed by atoms with E-state index in [4.69, 9.17) is 5.73 Å². The van der Waals surface area contributed by atoms with Gasteiger partial charge in [-0.25, -0.2) is 0 Å². The molecule has 1 rings (SSSR count). The molecule has 0 radical (unpaired) electrons. The van der Waals surface area contributed by atoms with E-state index >= 15 is 0 Å². The monoisotopic (exact) mass is 254 g/mol. The van der Waals surface area contributed by atoms with Gasteiger partial charge in [-0.3, -0.25) is 4.99 Å². The number of hydrogen-bond donors (Lipinski definition) is 2. The van der Waals surface area contributed by atoms with Crippen LogP contribution in [0.4, 0.5) is 0 Å². The maximum atomic E-state index is 5.81. The molecule has 0 bridgehead atoms. The molecule has 4 heteroatoms. The molecule has 1 fully saturated rings. The predicted octanol–water partition coefficient (Wildman–Crippen LogP) is 1.81. The van der Waals surface area contributed by atoms with E-state index in [9.17, 15) is 0 Å². The quantitative estimate of drug-likeness (QED) is 0.561. The van der Waals surface area contributed by atoms with Crippen molar-refractivity contribution in [1.82, 2.24) is 10.2 Å². The lowest BCUT2D eigenvalue weighted by molar-refractivity contribution is 0.194. The largest absolute Gasteiger partial charge is 0.370 e. The van der Waals surface area contributed by atoms with E-state index in [0.717, 1.165) is 25.7 Å². The Bertz CT molecular complexity index is 244. The van der Waals surface area contributed by atoms with Crippen LogP contribution in [-0.2, 0) is 0 Å². The molecule has 0 amide bonds. The van der Waals surface area contributed by atoms with Crippen LogP contribution >= 0.6 is 0 Å². The molecule has 1 aliphatic carbocycles. The van der Waals surface area contributed by atoms with Crippen molar-refractivity contribution in [3.8, 4) is 0 Å². The number of hydrogen-bond acceptors (Lipinski definition) is 2. The van der Waals surface area contributed by atoms with Gasteiger partial charge < -0.3 is 16.0 Å². The minimum absolute atomic E-state index is 0.565. The van der Waals surface area contributed by atoms with Crippen LogP contribution < -0.4 is 11.1 Å². The van der Waals surface area contributed by atoms with Crippen molar-refractivity contribution in [3.05, 3.63) is 0 Å². The van der Waals surface area contributed by atoms with Crippen LogP contribution in [0, 0.1) is 5.92 Å². The molecule has 0 aromatic rings. The lowest BCUT2D eigenvalue weighted by atomic mass is 9.94. The topological polar surface area (TPSA) is 53.6 Å². The molecule has 4 nitrogen and oxygen atoms in total. The fourth-order valence-corrected chi connectivity index (χ4v) is 2.40. The Hall–Kier alpha value is -0.770. The molecule has 0 saturated heterocycles. The SMILES string of the molecule is CC(C)CN=C(N)NCCN(C)C1CCCCC1. The van der Waals surface area contributed by atoms with Crippen LogP contribution in [0.15, 0.2) is 4.99 Å². The van der Waals surface area contributed by atoms with Crippen molar-refractivity contribution < 1.29 is 0 Å². The summed E-state index contributed by atoms with van der Waals surface area (Å²) in [5, 5.41) is 3.19. The van der Waals surface area contributed by atoms with Crippen molar-refractivity contribution >= 4 is 5.96 Å². The molecule has 0 aromatic heterocycles. The number of likely N-dealkylation sites (N-methyl/N-ethyl adjacent to an activating group) is 1. The van der Waals surface area contributed by atoms with Crippen LogP contribution in [-0.4, -0.2) is 43.6 Å². The molecule has 106 valence electrons. The first-order valence-corrected chi connectivity index (χ1v) is 7.33. The van der Waals surface area contributed by atoms with Crippen LogP contribution in [0.3, 0.4) is 0 Å². The summed E-state index contributed by atoms with van der Waals surface area (Å²) < 4.78 is 0. The average molecular weight is 254 g/mol. The van der Waals surface area contributed by atoms with E-state index in [1.165, 1.54) is 32.1 Å². The van der Waals surface area contributed by atoms with Gasteiger partial charge in [-0.1, -0.05) is 33.1 Å². The van der Waals surface area contributed by atoms with Gasteiger partial charge in [0.2, 0.25) is 0 Å². The van der Waals surface area contributed by atoms with Gasteiger partial charge in [0.05, 0.1) is 0 Å². The number of nitrogens with one attached hydrogen (secondary N) is 1. The van der Waals surface area contributed by atoms with Crippen molar-refractivity contribution in [2.75, 3.05) is 26.7 Å². The maximum absolute atomic E-state index is 5.81. The summed E-state index contributed by atoms with van der Waals surface area (Å²) in [4.78, 5) is 6.76. The van der Waals surface area contributed by atoms with E-state index in [1.807, 2.05) is 0 Å². The highest BCUT2D eigenvalue weighted by molar-refractivity contribution is 5.77. The van der Waals surface area contributed by atoms with Crippen molar-refractivity contribution in [1.29, 1.82) is 0 Å². The summed E-state index contributed by atoms with van der Waals surface area (Å²) in [5.74, 6) is 1.15. The first-order chi connectivity index (χ1) is 8.59. The van der Waals surface area contributed by atoms with Crippen LogP contribution in [0.2, 0.25) is 0 Å². The van der Waals surface area contributed by atoms with Gasteiger partial charge in [0.15, 0.2) is 5.96 Å². The van der Waals surface area contributed by atoms with Crippen LogP contribution in [0.1, 0.15) is 46.0 Å². The lowest BCUT2D eigenvalue weighted by Crippen LogP contribution is -2.41. The minimum Gasteiger partial charge on any atom is -0.370 e. The number of rotatable bonds is 6. The van der Waals surface area contributed by atoms with E-state index in [2.05, 4.69) is 36.1 Å². The Balaban J connectivity index is 2.14. The van der Waals surface area contributed by atoms with Gasteiger partial charge in [0, 0.05) is 25.7 Å². The van der Waals surface area contributed by atoms with Crippen LogP contribution in [0.5, 0.6) is 0 Å². The van der Waals surface area contributed by atoms with Gasteiger partial charge in [0.25, 0.3) is 0 Å². The molecule has 0 aromatic carbocycles. The van der Waals surface area contributed by atoms with E-state index in [-0.39, 0.29) is 0 Å². The van der Waals surface area contributed by atoms with E-state index in [1.54, 1.807) is 0 Å². The third-order valence-corrected chi connectivity index (χ3v) is 3.60. The molecule has 1 saturated carbocycles. The Kier molecular flexibility index (Phi) is 7.09. The highest BCUT2D eigenvalue weighted by Gasteiger charge is 2.17. The predicted molar refractivity (Wildman–Crippen MR) is 78.8 cm³/mol. The molecule has 0 aliphatic heterocycles. The zero-order valence-corrected chi connectivity index (χ0v) is 12.3. The second kappa shape index (κ2) is 8.35. The zero-order chi connectivity index (χ0) is 13.4. The Labute approximate surface area is 112 Å². The average Bonchev–Trinajstić information content (AvgIpc) is 2.37. The fourth-order valence-electron chi connectivity index (χ4n) is 2.40. The molecule has 0 heterocycles. The van der Waals surface area contributed by atoms with Gasteiger partial charge in [-0.15, -0.1) is 0 Å². The Morgan fingerprint density at radius 3 is 2.61 bits per heavy atom. The molecule has 1 aliphatic rings. The highest BCUT2D eigenvalue weighted by atomic mass is 15.2. The molecule has 3 N–H and O–H groups in total. The van der Waals surface area contributed by atoms with Gasteiger partial charge in [-0.2, -0.15) is 0 Å². The molecule has 0 unspecified atom stereocenters. The second-order valence-electron chi connectivity index (χ2n) is 5.82. The summed E-state index contributed by atoms with van der Waals surface area (Å²) in [6.07, 6.45) is 6.90. The van der Waals surface area contributed by atoms with Crippen molar-refractivity contribution in [3.63, 3.8) is 0 Å². The number of guanidine groups is 1. The molecular weight excluding hydrogens is 224 g/mol. The summed E-state index contributed by atoms with van der Waals surface area (Å²) in [5.41, 5.74) is 5.81. The first kappa shape index (κ1) is 15.3. The van der Waals surface area contributed by atoms with Gasteiger partial charge >= 0.3 is 0 Å². The first-order valence-electron chi connectivity index (χ1n) is 7.33. The highest BCUT2D eigenvalue weighted by Crippen LogP contribution is 2.21. The summed E-state index contributed by atoms with van der Waals surface area (Å²) in [6, 6.07) is 0.773. The van der Waals surface area contributed by atoms with Crippen molar-refractivity contribution in [2.24, 2.45) is 16.6 Å². The number of nitrogens with zero attached hydrogens (tertiary/aromatic N) is 2. The van der Waals surface area contributed by atoms with Gasteiger partial charge in [-0.05, 0) is 25.8 Å². The minimum atomic E-state index is 0.565. The standard InChI is InChI=1S/C14H30N4/c1-12(2)11-17-14(15)16-9-10-18(3)13-7-5-4-6-8-13/h12-13H,4-11H2,1-3H3,(H3,15,16,17). The molecule has 18 heavy (non-hydrogen) atoms. The van der Waals surface area contributed by atoms with Crippen LogP contribution in [0.25, 0.3) is 0 Å². The smallest absolute Gasteiger partial charge is 0.188 e. The summed E-state index contributed by atoms with van der Waals surface area (Å²) in [6.45, 7) is 7.03. The number of aliphatic imine (C=N–C) groups is 1. The zero-order valence-electron chi connectivity index (χ0n) is 12.3. The maximum Gasteiger partial charge on any atom is 0.188 e.